The third-order valence-corrected chi connectivity index (χ3v) is 12.4. The van der Waals surface area contributed by atoms with Crippen molar-refractivity contribution >= 4 is 87.3 Å². The standard InChI is InChI=1S/C50H31N3OS/c1-2-11-30(12-3-1)34-23-26-37-44(29-34)54-43-19-10-17-39(46(37)43)50-51-47(49-48(52-50)38-16-7-9-20-45(38)55-49)31-21-24-35(25-22-31)53-41-18-8-6-15-36(41)40-27-32-13-4-5-14-33(32)28-42(40)53/h1-29,50,52H. The number of hydrogen-bond acceptors (Lipinski definition) is 4. The van der Waals surface area contributed by atoms with Crippen molar-refractivity contribution in [1.82, 2.24) is 4.57 Å². The summed E-state index contributed by atoms with van der Waals surface area (Å²) in [5, 5.41) is 12.3. The number of aromatic nitrogens is 1. The van der Waals surface area contributed by atoms with Gasteiger partial charge in [0.05, 0.1) is 27.3 Å². The predicted molar refractivity (Wildman–Crippen MR) is 231 cm³/mol. The highest BCUT2D eigenvalue weighted by Gasteiger charge is 2.29. The van der Waals surface area contributed by atoms with E-state index in [1.807, 2.05) is 6.07 Å². The van der Waals surface area contributed by atoms with Crippen LogP contribution in [0, 0.1) is 0 Å². The summed E-state index contributed by atoms with van der Waals surface area (Å²) < 4.78 is 10.2. The van der Waals surface area contributed by atoms with Gasteiger partial charge in [-0.05, 0) is 76.5 Å². The molecule has 5 heteroatoms. The smallest absolute Gasteiger partial charge is 0.146 e. The van der Waals surface area contributed by atoms with Crippen LogP contribution in [-0.4, -0.2) is 10.3 Å². The number of nitrogens with one attached hydrogen (secondary N) is 1. The normalized spacial score (nSPS) is 14.3. The molecular formula is C50H31N3OS. The molecule has 258 valence electrons. The maximum absolute atomic E-state index is 6.54. The Hall–Kier alpha value is -6.95. The van der Waals surface area contributed by atoms with Crippen LogP contribution in [0.25, 0.3) is 81.4 Å². The van der Waals surface area contributed by atoms with Crippen molar-refractivity contribution in [2.24, 2.45) is 4.99 Å². The zero-order valence-corrected chi connectivity index (χ0v) is 30.3. The van der Waals surface area contributed by atoms with Gasteiger partial charge in [0.2, 0.25) is 0 Å². The molecule has 0 spiro atoms. The summed E-state index contributed by atoms with van der Waals surface area (Å²) in [6.07, 6.45) is -0.316. The molecule has 11 aromatic rings. The van der Waals surface area contributed by atoms with Gasteiger partial charge in [0.1, 0.15) is 17.3 Å². The van der Waals surface area contributed by atoms with E-state index in [0.717, 1.165) is 60.6 Å². The van der Waals surface area contributed by atoms with E-state index in [9.17, 15) is 0 Å². The Morgan fingerprint density at radius 1 is 0.527 bits per heavy atom. The number of nitrogens with zero attached hydrogens (tertiary/aromatic N) is 2. The van der Waals surface area contributed by atoms with E-state index in [4.69, 9.17) is 9.41 Å². The molecule has 1 unspecified atom stereocenters. The summed E-state index contributed by atoms with van der Waals surface area (Å²) in [5.74, 6) is 0. The summed E-state index contributed by atoms with van der Waals surface area (Å²) in [5.41, 5.74) is 11.9. The number of aliphatic imine (C=N–C) groups is 1. The van der Waals surface area contributed by atoms with Crippen molar-refractivity contribution in [2.75, 3.05) is 5.32 Å². The molecule has 1 N–H and O–H groups in total. The second-order valence-corrected chi connectivity index (χ2v) is 15.4. The first-order valence-corrected chi connectivity index (χ1v) is 19.5. The van der Waals surface area contributed by atoms with Crippen molar-refractivity contribution in [2.45, 2.75) is 6.17 Å². The predicted octanol–water partition coefficient (Wildman–Crippen LogP) is 13.7. The lowest BCUT2D eigenvalue weighted by molar-refractivity contribution is 0.668. The second-order valence-electron chi connectivity index (χ2n) is 14.3. The molecule has 1 atom stereocenters. The Morgan fingerprint density at radius 3 is 2.15 bits per heavy atom. The largest absolute Gasteiger partial charge is 0.456 e. The number of fused-ring (bicyclic) bond motifs is 10. The van der Waals surface area contributed by atoms with Crippen LogP contribution in [0.4, 0.5) is 5.69 Å². The van der Waals surface area contributed by atoms with Crippen molar-refractivity contribution < 1.29 is 4.42 Å². The number of anilines is 1. The van der Waals surface area contributed by atoms with Crippen LogP contribution in [0.5, 0.6) is 0 Å². The van der Waals surface area contributed by atoms with Gasteiger partial charge < -0.3 is 14.3 Å². The molecule has 0 aliphatic carbocycles. The third kappa shape index (κ3) is 4.67. The molecule has 3 aromatic heterocycles. The number of hydrogen-bond donors (Lipinski definition) is 1. The van der Waals surface area contributed by atoms with Crippen LogP contribution in [0.2, 0.25) is 0 Å². The first-order chi connectivity index (χ1) is 27.2. The van der Waals surface area contributed by atoms with E-state index in [1.165, 1.54) is 48.2 Å². The zero-order chi connectivity index (χ0) is 36.0. The van der Waals surface area contributed by atoms with Crippen LogP contribution >= 0.6 is 11.3 Å². The minimum atomic E-state index is -0.316. The lowest BCUT2D eigenvalue weighted by atomic mass is 9.99. The lowest BCUT2D eigenvalue weighted by Gasteiger charge is -2.25. The highest BCUT2D eigenvalue weighted by Crippen LogP contribution is 2.45. The van der Waals surface area contributed by atoms with Gasteiger partial charge in [-0.3, -0.25) is 4.99 Å². The number of thiophene rings is 1. The molecule has 4 nitrogen and oxygen atoms in total. The number of furan rings is 1. The van der Waals surface area contributed by atoms with Gasteiger partial charge in [0, 0.05) is 48.4 Å². The van der Waals surface area contributed by atoms with Gasteiger partial charge in [-0.2, -0.15) is 0 Å². The fourth-order valence-corrected chi connectivity index (χ4v) is 9.84. The van der Waals surface area contributed by atoms with Gasteiger partial charge in [0.25, 0.3) is 0 Å². The molecule has 0 saturated heterocycles. The van der Waals surface area contributed by atoms with Crippen molar-refractivity contribution in [3.05, 3.63) is 192 Å². The fraction of sp³-hybridized carbons (Fsp3) is 0.0200. The Balaban J connectivity index is 1.01. The number of rotatable bonds is 4. The van der Waals surface area contributed by atoms with Crippen LogP contribution in [0.3, 0.4) is 0 Å². The molecule has 4 heterocycles. The highest BCUT2D eigenvalue weighted by molar-refractivity contribution is 7.22. The molecule has 55 heavy (non-hydrogen) atoms. The molecule has 1 aliphatic rings. The van der Waals surface area contributed by atoms with E-state index >= 15 is 0 Å². The number of para-hydroxylation sites is 1. The maximum atomic E-state index is 6.54. The van der Waals surface area contributed by atoms with Gasteiger partial charge in [-0.15, -0.1) is 11.3 Å². The van der Waals surface area contributed by atoms with Crippen LogP contribution in [0.15, 0.2) is 185 Å². The molecule has 0 saturated carbocycles. The molecular weight excluding hydrogens is 691 g/mol. The van der Waals surface area contributed by atoms with Crippen molar-refractivity contribution in [3.63, 3.8) is 0 Å². The van der Waals surface area contributed by atoms with Gasteiger partial charge >= 0.3 is 0 Å². The summed E-state index contributed by atoms with van der Waals surface area (Å²) >= 11 is 1.80. The molecule has 0 fully saturated rings. The first-order valence-electron chi connectivity index (χ1n) is 18.6. The molecule has 0 radical (unpaired) electrons. The second kappa shape index (κ2) is 11.8. The van der Waals surface area contributed by atoms with E-state index in [2.05, 4.69) is 180 Å². The number of benzene rings is 8. The Labute approximate surface area is 320 Å². The van der Waals surface area contributed by atoms with Crippen molar-refractivity contribution in [3.8, 4) is 16.8 Å². The van der Waals surface area contributed by atoms with E-state index in [0.29, 0.717) is 0 Å². The molecule has 0 amide bonds. The average molecular weight is 722 g/mol. The first kappa shape index (κ1) is 30.5. The Bertz CT molecular complexity index is 3350. The van der Waals surface area contributed by atoms with Crippen LogP contribution < -0.4 is 5.32 Å². The molecule has 1 aliphatic heterocycles. The average Bonchev–Trinajstić information content (AvgIpc) is 3.92. The molecule has 12 rings (SSSR count). The topological polar surface area (TPSA) is 42.5 Å². The van der Waals surface area contributed by atoms with Gasteiger partial charge in [-0.1, -0.05) is 121 Å². The fourth-order valence-electron chi connectivity index (χ4n) is 8.66. The highest BCUT2D eigenvalue weighted by atomic mass is 32.1. The van der Waals surface area contributed by atoms with Crippen LogP contribution in [0.1, 0.15) is 22.2 Å². The molecule has 8 aromatic carbocycles. The Kier molecular flexibility index (Phi) is 6.53. The maximum Gasteiger partial charge on any atom is 0.146 e. The van der Waals surface area contributed by atoms with Gasteiger partial charge in [-0.25, -0.2) is 0 Å². The molecule has 0 bridgehead atoms. The minimum Gasteiger partial charge on any atom is -0.456 e. The van der Waals surface area contributed by atoms with E-state index < -0.39 is 0 Å². The Morgan fingerprint density at radius 2 is 1.27 bits per heavy atom. The summed E-state index contributed by atoms with van der Waals surface area (Å²) in [4.78, 5) is 6.71. The minimum absolute atomic E-state index is 0.316. The summed E-state index contributed by atoms with van der Waals surface area (Å²) in [6, 6.07) is 63.0. The zero-order valence-electron chi connectivity index (χ0n) is 29.5. The van der Waals surface area contributed by atoms with Crippen LogP contribution in [-0.2, 0) is 0 Å². The monoisotopic (exact) mass is 721 g/mol. The third-order valence-electron chi connectivity index (χ3n) is 11.2. The van der Waals surface area contributed by atoms with E-state index in [-0.39, 0.29) is 6.17 Å². The SMILES string of the molecule is c1ccc(-c2ccc3c(c2)oc2cccc(C4N=C(c5ccc(-n6c7ccccc7c7cc8ccccc8cc76)cc5)c5sc6ccccc6c5N4)c23)cc1. The summed E-state index contributed by atoms with van der Waals surface area (Å²) in [6.45, 7) is 0. The quantitative estimate of drug-likeness (QED) is 0.197. The summed E-state index contributed by atoms with van der Waals surface area (Å²) in [7, 11) is 0. The van der Waals surface area contributed by atoms with Gasteiger partial charge in [0.15, 0.2) is 0 Å². The lowest BCUT2D eigenvalue weighted by Crippen LogP contribution is -2.19. The van der Waals surface area contributed by atoms with E-state index in [1.54, 1.807) is 11.3 Å². The van der Waals surface area contributed by atoms with Crippen molar-refractivity contribution in [1.29, 1.82) is 0 Å².